The molecule has 0 radical (unpaired) electrons. The van der Waals surface area contributed by atoms with E-state index in [9.17, 15) is 13.2 Å². The number of aromatic nitrogens is 3. The Bertz CT molecular complexity index is 1590. The Kier molecular flexibility index (Phi) is 4.91. The van der Waals surface area contributed by atoms with Crippen LogP contribution in [0, 0.1) is 0 Å². The van der Waals surface area contributed by atoms with Crippen LogP contribution in [0.4, 0.5) is 5.00 Å². The van der Waals surface area contributed by atoms with E-state index in [0.717, 1.165) is 16.5 Å². The Labute approximate surface area is 188 Å². The number of hydrogen-bond donors (Lipinski definition) is 1. The molecule has 0 bridgehead atoms. The second kappa shape index (κ2) is 7.77. The molecule has 0 unspecified atom stereocenters. The predicted octanol–water partition coefficient (Wildman–Crippen LogP) is 4.25. The van der Waals surface area contributed by atoms with Crippen LogP contribution in [0.25, 0.3) is 27.0 Å². The van der Waals surface area contributed by atoms with Gasteiger partial charge in [0.2, 0.25) is 0 Å². The van der Waals surface area contributed by atoms with E-state index >= 15 is 0 Å². The summed E-state index contributed by atoms with van der Waals surface area (Å²) in [5, 5.41) is 1.13. The van der Waals surface area contributed by atoms with E-state index in [2.05, 4.69) is 9.71 Å². The fourth-order valence-electron chi connectivity index (χ4n) is 3.57. The normalized spacial score (nSPS) is 11.7. The zero-order valence-corrected chi connectivity index (χ0v) is 18.6. The summed E-state index contributed by atoms with van der Waals surface area (Å²) in [6.07, 6.45) is 2.88. The maximum atomic E-state index is 13.0. The molecule has 0 amide bonds. The van der Waals surface area contributed by atoms with Gasteiger partial charge in [-0.3, -0.25) is 14.1 Å². The second-order valence-corrected chi connectivity index (χ2v) is 9.84. The average Bonchev–Trinajstić information content (AvgIpc) is 3.38. The smallest absolute Gasteiger partial charge is 0.281 e. The Morgan fingerprint density at radius 3 is 2.28 bits per heavy atom. The van der Waals surface area contributed by atoms with Crippen molar-refractivity contribution < 1.29 is 8.42 Å². The van der Waals surface area contributed by atoms with Gasteiger partial charge in [-0.1, -0.05) is 59.9 Å². The largest absolute Gasteiger partial charge is 0.339 e. The van der Waals surface area contributed by atoms with Crippen LogP contribution in [0.5, 0.6) is 0 Å². The van der Waals surface area contributed by atoms with Gasteiger partial charge in [0.15, 0.2) is 5.03 Å². The lowest BCUT2D eigenvalue weighted by Gasteiger charge is -2.08. The van der Waals surface area contributed by atoms with Crippen LogP contribution in [0.15, 0.2) is 95.1 Å². The molecule has 5 aromatic rings. The van der Waals surface area contributed by atoms with Crippen molar-refractivity contribution in [3.8, 4) is 16.8 Å². The minimum atomic E-state index is -3.92. The number of anilines is 1. The highest BCUT2D eigenvalue weighted by atomic mass is 32.2. The molecule has 0 atom stereocenters. The summed E-state index contributed by atoms with van der Waals surface area (Å²) in [6.45, 7) is 0. The molecule has 2 aromatic carbocycles. The van der Waals surface area contributed by atoms with Crippen molar-refractivity contribution in [2.24, 2.45) is 7.05 Å². The summed E-state index contributed by atoms with van der Waals surface area (Å²) in [7, 11) is -2.21. The molecule has 0 fully saturated rings. The molecular weight excluding hydrogens is 444 g/mol. The maximum absolute atomic E-state index is 13.0. The SMILES string of the molecule is Cn1cnc(S(=O)(=O)Nc2sc3c(ccc(=O)n3-c3ccccc3)c2-c2ccccc2)c1. The van der Waals surface area contributed by atoms with Crippen LogP contribution in [0.3, 0.4) is 0 Å². The molecular formula is C23H18N4O3S2. The van der Waals surface area contributed by atoms with Crippen molar-refractivity contribution in [2.45, 2.75) is 5.03 Å². The third-order valence-corrected chi connectivity index (χ3v) is 7.47. The first-order valence-electron chi connectivity index (χ1n) is 9.74. The molecule has 9 heteroatoms. The Balaban J connectivity index is 1.78. The van der Waals surface area contributed by atoms with Crippen molar-refractivity contribution in [2.75, 3.05) is 4.72 Å². The van der Waals surface area contributed by atoms with E-state index in [1.54, 1.807) is 22.2 Å². The Hall–Kier alpha value is -3.69. The molecule has 3 heterocycles. The standard InChI is InChI=1S/C23H18N4O3S2/c1-26-14-19(24-15-26)32(29,30)25-22-21(16-8-4-2-5-9-16)18-12-13-20(28)27(23(18)31-22)17-10-6-3-7-11-17/h2-15,25H,1H3. The fourth-order valence-corrected chi connectivity index (χ4v) is 6.10. The summed E-state index contributed by atoms with van der Waals surface area (Å²) in [4.78, 5) is 17.5. The summed E-state index contributed by atoms with van der Waals surface area (Å²) in [5.74, 6) is 0. The number of thiophene rings is 1. The van der Waals surface area contributed by atoms with Crippen LogP contribution >= 0.6 is 11.3 Å². The fraction of sp³-hybridized carbons (Fsp3) is 0.0435. The number of benzene rings is 2. The molecule has 0 saturated carbocycles. The first kappa shape index (κ1) is 20.2. The second-order valence-electron chi connectivity index (χ2n) is 7.22. The topological polar surface area (TPSA) is 86.0 Å². The maximum Gasteiger partial charge on any atom is 0.281 e. The van der Waals surface area contributed by atoms with E-state index in [0.29, 0.717) is 15.5 Å². The van der Waals surface area contributed by atoms with E-state index < -0.39 is 10.0 Å². The van der Waals surface area contributed by atoms with E-state index in [-0.39, 0.29) is 10.6 Å². The Morgan fingerprint density at radius 2 is 1.62 bits per heavy atom. The van der Waals surface area contributed by atoms with Crippen LogP contribution in [0.1, 0.15) is 0 Å². The highest BCUT2D eigenvalue weighted by Gasteiger charge is 2.24. The average molecular weight is 463 g/mol. The van der Waals surface area contributed by atoms with E-state index in [1.165, 1.54) is 29.9 Å². The molecule has 0 saturated heterocycles. The molecule has 0 aliphatic carbocycles. The van der Waals surface area contributed by atoms with Gasteiger partial charge in [-0.2, -0.15) is 8.42 Å². The zero-order valence-electron chi connectivity index (χ0n) is 17.0. The molecule has 3 aromatic heterocycles. The summed E-state index contributed by atoms with van der Waals surface area (Å²) in [6, 6.07) is 22.1. The number of aryl methyl sites for hydroxylation is 1. The summed E-state index contributed by atoms with van der Waals surface area (Å²) in [5.41, 5.74) is 2.08. The first-order chi connectivity index (χ1) is 15.4. The summed E-state index contributed by atoms with van der Waals surface area (Å²) < 4.78 is 32.0. The van der Waals surface area contributed by atoms with Gasteiger partial charge in [0.25, 0.3) is 15.6 Å². The highest BCUT2D eigenvalue weighted by molar-refractivity contribution is 7.92. The molecule has 160 valence electrons. The number of pyridine rings is 1. The third-order valence-electron chi connectivity index (χ3n) is 5.00. The molecule has 0 spiro atoms. The first-order valence-corrected chi connectivity index (χ1v) is 12.0. The van der Waals surface area contributed by atoms with Gasteiger partial charge in [0, 0.05) is 30.3 Å². The number of imidazole rings is 1. The van der Waals surface area contributed by atoms with Crippen LogP contribution in [-0.2, 0) is 17.1 Å². The number of para-hydroxylation sites is 1. The van der Waals surface area contributed by atoms with E-state index in [4.69, 9.17) is 0 Å². The van der Waals surface area contributed by atoms with Crippen LogP contribution in [0.2, 0.25) is 0 Å². The molecule has 32 heavy (non-hydrogen) atoms. The van der Waals surface area contributed by atoms with Crippen molar-refractivity contribution >= 4 is 36.6 Å². The van der Waals surface area contributed by atoms with Gasteiger partial charge in [-0.25, -0.2) is 4.98 Å². The number of fused-ring (bicyclic) bond motifs is 1. The zero-order chi connectivity index (χ0) is 22.3. The van der Waals surface area contributed by atoms with E-state index in [1.807, 2.05) is 60.7 Å². The number of sulfonamides is 1. The molecule has 5 rings (SSSR count). The molecule has 7 nitrogen and oxygen atoms in total. The molecule has 0 aliphatic heterocycles. The third kappa shape index (κ3) is 3.51. The van der Waals surface area contributed by atoms with Crippen molar-refractivity contribution in [3.63, 3.8) is 0 Å². The van der Waals surface area contributed by atoms with Gasteiger partial charge in [0.1, 0.15) is 9.83 Å². The van der Waals surface area contributed by atoms with Crippen LogP contribution < -0.4 is 10.3 Å². The van der Waals surface area contributed by atoms with Gasteiger partial charge in [-0.15, -0.1) is 0 Å². The Morgan fingerprint density at radius 1 is 0.938 bits per heavy atom. The number of nitrogens with one attached hydrogen (secondary N) is 1. The lowest BCUT2D eigenvalue weighted by molar-refractivity contribution is 0.598. The monoisotopic (exact) mass is 462 g/mol. The lowest BCUT2D eigenvalue weighted by atomic mass is 10.1. The number of nitrogens with zero attached hydrogens (tertiary/aromatic N) is 3. The van der Waals surface area contributed by atoms with Gasteiger partial charge in [-0.05, 0) is 23.8 Å². The van der Waals surface area contributed by atoms with Gasteiger partial charge in [0.05, 0.1) is 12.0 Å². The number of rotatable bonds is 5. The highest BCUT2D eigenvalue weighted by Crippen LogP contribution is 2.43. The minimum absolute atomic E-state index is 0.0723. The van der Waals surface area contributed by atoms with Crippen LogP contribution in [-0.4, -0.2) is 22.5 Å². The predicted molar refractivity (Wildman–Crippen MR) is 127 cm³/mol. The van der Waals surface area contributed by atoms with Gasteiger partial charge < -0.3 is 4.57 Å². The lowest BCUT2D eigenvalue weighted by Crippen LogP contribution is -2.16. The summed E-state index contributed by atoms with van der Waals surface area (Å²) >= 11 is 1.22. The van der Waals surface area contributed by atoms with Crippen molar-refractivity contribution in [3.05, 3.63) is 95.7 Å². The van der Waals surface area contributed by atoms with Crippen molar-refractivity contribution in [1.29, 1.82) is 0 Å². The number of hydrogen-bond acceptors (Lipinski definition) is 5. The molecule has 0 aliphatic rings. The van der Waals surface area contributed by atoms with Gasteiger partial charge >= 0.3 is 0 Å². The minimum Gasteiger partial charge on any atom is -0.339 e. The van der Waals surface area contributed by atoms with Crippen molar-refractivity contribution in [1.82, 2.24) is 14.1 Å². The quantitative estimate of drug-likeness (QED) is 0.423. The molecule has 1 N–H and O–H groups in total.